The highest BCUT2D eigenvalue weighted by molar-refractivity contribution is 5.85. The fourth-order valence-electron chi connectivity index (χ4n) is 2.19. The maximum atomic E-state index is 11.9. The van der Waals surface area contributed by atoms with Crippen molar-refractivity contribution >= 4 is 11.9 Å². The smallest absolute Gasteiger partial charge is 0.326 e. The zero-order valence-corrected chi connectivity index (χ0v) is 10.7. The lowest BCUT2D eigenvalue weighted by Gasteiger charge is -2.20. The summed E-state index contributed by atoms with van der Waals surface area (Å²) in [5.74, 6) is -0.958. The Labute approximate surface area is 102 Å². The quantitative estimate of drug-likeness (QED) is 0.659. The largest absolute Gasteiger partial charge is 0.480 e. The first kappa shape index (κ1) is 14.0. The number of nitrogens with one attached hydrogen (secondary N) is 2. The van der Waals surface area contributed by atoms with Crippen LogP contribution in [0.3, 0.4) is 0 Å². The lowest BCUT2D eigenvalue weighted by Crippen LogP contribution is -2.46. The average molecular weight is 242 g/mol. The number of rotatable bonds is 5. The van der Waals surface area contributed by atoms with E-state index in [-0.39, 0.29) is 23.8 Å². The third-order valence-corrected chi connectivity index (χ3v) is 3.18. The van der Waals surface area contributed by atoms with Crippen molar-refractivity contribution in [1.82, 2.24) is 10.6 Å². The summed E-state index contributed by atoms with van der Waals surface area (Å²) in [6.07, 6.45) is 1.25. The molecule has 3 atom stereocenters. The highest BCUT2D eigenvalue weighted by Crippen LogP contribution is 2.16. The molecule has 5 nitrogen and oxygen atoms in total. The van der Waals surface area contributed by atoms with Gasteiger partial charge >= 0.3 is 5.97 Å². The molecule has 1 rings (SSSR count). The van der Waals surface area contributed by atoms with Crippen molar-refractivity contribution < 1.29 is 14.7 Å². The zero-order chi connectivity index (χ0) is 13.0. The van der Waals surface area contributed by atoms with E-state index in [1.807, 2.05) is 20.8 Å². The zero-order valence-electron chi connectivity index (χ0n) is 10.7. The predicted octanol–water partition coefficient (Wildman–Crippen LogP) is 0.600. The van der Waals surface area contributed by atoms with E-state index in [2.05, 4.69) is 10.6 Å². The Morgan fingerprint density at radius 3 is 2.53 bits per heavy atom. The molecule has 1 aliphatic heterocycles. The van der Waals surface area contributed by atoms with E-state index in [0.29, 0.717) is 6.42 Å². The Bertz CT molecular complexity index is 291. The molecule has 0 spiro atoms. The van der Waals surface area contributed by atoms with Gasteiger partial charge in [-0.3, -0.25) is 4.79 Å². The molecule has 5 heteroatoms. The molecule has 1 aliphatic rings. The van der Waals surface area contributed by atoms with Crippen molar-refractivity contribution in [3.05, 3.63) is 0 Å². The van der Waals surface area contributed by atoms with E-state index in [1.165, 1.54) is 0 Å². The minimum absolute atomic E-state index is 0.107. The number of carbonyl (C=O) groups is 2. The molecule has 0 saturated carbocycles. The van der Waals surface area contributed by atoms with E-state index in [0.717, 1.165) is 13.0 Å². The van der Waals surface area contributed by atoms with Gasteiger partial charge in [0.1, 0.15) is 6.04 Å². The van der Waals surface area contributed by atoms with Gasteiger partial charge in [-0.25, -0.2) is 4.79 Å². The molecule has 0 radical (unpaired) electrons. The van der Waals surface area contributed by atoms with Crippen LogP contribution in [0.5, 0.6) is 0 Å². The van der Waals surface area contributed by atoms with Gasteiger partial charge < -0.3 is 15.7 Å². The molecule has 1 saturated heterocycles. The minimum Gasteiger partial charge on any atom is -0.480 e. The van der Waals surface area contributed by atoms with Gasteiger partial charge in [-0.15, -0.1) is 0 Å². The van der Waals surface area contributed by atoms with Gasteiger partial charge in [-0.1, -0.05) is 13.8 Å². The summed E-state index contributed by atoms with van der Waals surface area (Å²) >= 11 is 0. The lowest BCUT2D eigenvalue weighted by atomic mass is 9.99. The number of amides is 1. The van der Waals surface area contributed by atoms with E-state index in [9.17, 15) is 9.59 Å². The molecule has 1 amide bonds. The molecule has 0 bridgehead atoms. The topological polar surface area (TPSA) is 78.4 Å². The van der Waals surface area contributed by atoms with Crippen LogP contribution in [0.25, 0.3) is 0 Å². The van der Waals surface area contributed by atoms with Crippen molar-refractivity contribution in [2.24, 2.45) is 11.8 Å². The fourth-order valence-corrected chi connectivity index (χ4v) is 2.19. The molecule has 3 unspecified atom stereocenters. The van der Waals surface area contributed by atoms with Crippen LogP contribution in [0.15, 0.2) is 0 Å². The standard InChI is InChI=1S/C12H22N2O3/c1-7(2)6-10(12(16)17)14-11(15)9-4-5-13-8(9)3/h7-10,13H,4-6H2,1-3H3,(H,14,15)(H,16,17). The Balaban J connectivity index is 2.54. The Morgan fingerprint density at radius 2 is 2.12 bits per heavy atom. The first-order valence-electron chi connectivity index (χ1n) is 6.18. The number of carboxylic acids is 1. The summed E-state index contributed by atoms with van der Waals surface area (Å²) in [4.78, 5) is 23.0. The number of carbonyl (C=O) groups excluding carboxylic acids is 1. The van der Waals surface area contributed by atoms with Crippen LogP contribution in [0.4, 0.5) is 0 Å². The average Bonchev–Trinajstić information content (AvgIpc) is 2.62. The molecule has 1 fully saturated rings. The van der Waals surface area contributed by atoms with Crippen molar-refractivity contribution in [3.63, 3.8) is 0 Å². The van der Waals surface area contributed by atoms with Crippen LogP contribution in [0.2, 0.25) is 0 Å². The minimum atomic E-state index is -0.953. The van der Waals surface area contributed by atoms with E-state index < -0.39 is 12.0 Å². The molecule has 0 aliphatic carbocycles. The van der Waals surface area contributed by atoms with Crippen LogP contribution in [0.1, 0.15) is 33.6 Å². The van der Waals surface area contributed by atoms with E-state index in [4.69, 9.17) is 5.11 Å². The Hall–Kier alpha value is -1.10. The van der Waals surface area contributed by atoms with E-state index in [1.54, 1.807) is 0 Å². The van der Waals surface area contributed by atoms with Crippen molar-refractivity contribution in [2.75, 3.05) is 6.54 Å². The fraction of sp³-hybridized carbons (Fsp3) is 0.833. The molecule has 98 valence electrons. The summed E-state index contributed by atoms with van der Waals surface area (Å²) < 4.78 is 0. The molecular weight excluding hydrogens is 220 g/mol. The summed E-state index contributed by atoms with van der Waals surface area (Å²) in [6, 6.07) is -0.640. The molecule has 0 aromatic heterocycles. The normalized spacial score (nSPS) is 25.9. The van der Waals surface area contributed by atoms with Crippen molar-refractivity contribution in [1.29, 1.82) is 0 Å². The first-order valence-corrected chi connectivity index (χ1v) is 6.18. The third-order valence-electron chi connectivity index (χ3n) is 3.18. The summed E-state index contributed by atoms with van der Waals surface area (Å²) in [6.45, 7) is 6.67. The maximum Gasteiger partial charge on any atom is 0.326 e. The third kappa shape index (κ3) is 4.00. The number of hydrogen-bond donors (Lipinski definition) is 3. The van der Waals surface area contributed by atoms with Crippen LogP contribution in [-0.4, -0.2) is 35.6 Å². The number of hydrogen-bond acceptors (Lipinski definition) is 3. The van der Waals surface area contributed by atoms with Crippen molar-refractivity contribution in [3.8, 4) is 0 Å². The highest BCUT2D eigenvalue weighted by Gasteiger charge is 2.32. The molecule has 17 heavy (non-hydrogen) atoms. The lowest BCUT2D eigenvalue weighted by molar-refractivity contribution is -0.143. The van der Waals surface area contributed by atoms with Gasteiger partial charge in [0.05, 0.1) is 5.92 Å². The van der Waals surface area contributed by atoms with E-state index >= 15 is 0 Å². The summed E-state index contributed by atoms with van der Waals surface area (Å²) in [5.41, 5.74) is 0. The second kappa shape index (κ2) is 6.00. The molecular formula is C12H22N2O3. The van der Waals surface area contributed by atoms with Gasteiger partial charge in [0.25, 0.3) is 0 Å². The van der Waals surface area contributed by atoms with Gasteiger partial charge in [0, 0.05) is 6.04 Å². The maximum absolute atomic E-state index is 11.9. The Morgan fingerprint density at radius 1 is 1.47 bits per heavy atom. The van der Waals surface area contributed by atoms with Crippen LogP contribution < -0.4 is 10.6 Å². The molecule has 3 N–H and O–H groups in total. The van der Waals surface area contributed by atoms with Gasteiger partial charge in [0.2, 0.25) is 5.91 Å². The highest BCUT2D eigenvalue weighted by atomic mass is 16.4. The van der Waals surface area contributed by atoms with Gasteiger partial charge in [0.15, 0.2) is 0 Å². The molecule has 0 aromatic rings. The predicted molar refractivity (Wildman–Crippen MR) is 64.6 cm³/mol. The molecule has 1 heterocycles. The number of aliphatic carboxylic acids is 1. The number of carboxylic acid groups (broad SMARTS) is 1. The summed E-state index contributed by atoms with van der Waals surface area (Å²) in [7, 11) is 0. The first-order chi connectivity index (χ1) is 7.91. The van der Waals surface area contributed by atoms with Gasteiger partial charge in [-0.05, 0) is 32.2 Å². The second-order valence-corrected chi connectivity index (χ2v) is 5.17. The van der Waals surface area contributed by atoms with Crippen LogP contribution >= 0.6 is 0 Å². The molecule has 0 aromatic carbocycles. The Kier molecular flexibility index (Phi) is 4.93. The van der Waals surface area contributed by atoms with Crippen LogP contribution in [0, 0.1) is 11.8 Å². The summed E-state index contributed by atoms with van der Waals surface area (Å²) in [5, 5.41) is 14.9. The monoisotopic (exact) mass is 242 g/mol. The van der Waals surface area contributed by atoms with Crippen LogP contribution in [-0.2, 0) is 9.59 Å². The van der Waals surface area contributed by atoms with Crippen molar-refractivity contribution in [2.45, 2.75) is 45.7 Å². The van der Waals surface area contributed by atoms with Gasteiger partial charge in [-0.2, -0.15) is 0 Å². The SMILES string of the molecule is CC(C)CC(NC(=O)C1CCNC1C)C(=O)O. The second-order valence-electron chi connectivity index (χ2n) is 5.17.